The minimum Gasteiger partial charge on any atom is -0.549 e. The zero-order chi connectivity index (χ0) is 34.9. The molecule has 0 rings (SSSR count). The van der Waals surface area contributed by atoms with Crippen LogP contribution in [-0.4, -0.2) is 154 Å². The number of carbonyl (C=O) groups is 7. The minimum absolute atomic E-state index is 0. The molecule has 0 radical (unpaired) electrons. The van der Waals surface area contributed by atoms with Crippen LogP contribution in [-0.2, 0) is 59.8 Å². The van der Waals surface area contributed by atoms with Gasteiger partial charge in [0.1, 0.15) is 0 Å². The average Bonchev–Trinajstić information content (AvgIpc) is 2.81. The van der Waals surface area contributed by atoms with Crippen molar-refractivity contribution in [2.24, 2.45) is 0 Å². The van der Waals surface area contributed by atoms with Crippen LogP contribution in [0, 0.1) is 0 Å². The molecule has 0 saturated carbocycles. The molecule has 0 amide bonds. The van der Waals surface area contributed by atoms with Crippen LogP contribution in [0.5, 0.6) is 0 Å². The summed E-state index contributed by atoms with van der Waals surface area (Å²) >= 11 is 0. The van der Waals surface area contributed by atoms with Gasteiger partial charge in [0.05, 0.1) is 41.8 Å². The van der Waals surface area contributed by atoms with E-state index >= 15 is 0 Å². The first kappa shape index (κ1) is 69.5. The Hall–Kier alpha value is -2.28. The number of halogens is 1. The van der Waals surface area contributed by atoms with Gasteiger partial charge in [0, 0.05) is 45.8 Å². The van der Waals surface area contributed by atoms with E-state index in [0.29, 0.717) is 0 Å². The Bertz CT molecular complexity index is 547. The summed E-state index contributed by atoms with van der Waals surface area (Å²) in [6.07, 6.45) is 0. The van der Waals surface area contributed by atoms with Crippen molar-refractivity contribution in [2.45, 2.75) is 0 Å². The van der Waals surface area contributed by atoms with Gasteiger partial charge in [-0.2, -0.15) is 0 Å². The second-order valence-electron chi connectivity index (χ2n) is 6.32. The molecule has 0 aromatic carbocycles. The van der Waals surface area contributed by atoms with E-state index in [1.807, 2.05) is 0 Å². The molecule has 0 saturated heterocycles. The van der Waals surface area contributed by atoms with Crippen LogP contribution >= 0.6 is 12.4 Å². The van der Waals surface area contributed by atoms with Gasteiger partial charge in [0.25, 0.3) is 0 Å². The Morgan fingerprint density at radius 2 is 0.400 bits per heavy atom. The van der Waals surface area contributed by atoms with Crippen LogP contribution in [0.1, 0.15) is 0 Å². The molecule has 260 valence electrons. The van der Waals surface area contributed by atoms with E-state index in [9.17, 15) is 69.3 Å². The summed E-state index contributed by atoms with van der Waals surface area (Å²) < 4.78 is 0. The van der Waals surface area contributed by atoms with E-state index in [-0.39, 0.29) is 102 Å². The SMILES string of the molecule is CNCC(=O)[O-].CNCC(=O)[O-].CNCC(=O)[O-].CNCC(=O)[O-].CNCC(=O)[O-].CNCC(=O)[O-].CNCC(=O)[O-].Cl.[Al+3].[Zr+4]. The maximum atomic E-state index is 9.43. The van der Waals surface area contributed by atoms with Crippen molar-refractivity contribution in [3.63, 3.8) is 0 Å². The summed E-state index contributed by atoms with van der Waals surface area (Å²) in [5.41, 5.74) is 0. The molecule has 0 spiro atoms. The molecule has 0 atom stereocenters. The van der Waals surface area contributed by atoms with Gasteiger partial charge in [-0.25, -0.2) is 0 Å². The van der Waals surface area contributed by atoms with Crippen molar-refractivity contribution in [1.29, 1.82) is 0 Å². The second-order valence-corrected chi connectivity index (χ2v) is 6.32. The molecular weight excluding hydrogens is 728 g/mol. The smallest absolute Gasteiger partial charge is 0.549 e. The van der Waals surface area contributed by atoms with Crippen molar-refractivity contribution in [3.05, 3.63) is 0 Å². The predicted octanol–water partition coefficient (Wildman–Crippen LogP) is -14.3. The predicted molar refractivity (Wildman–Crippen MR) is 146 cm³/mol. The number of rotatable bonds is 14. The molecular formula is C21H43AlClN7O14Zr. The summed E-state index contributed by atoms with van der Waals surface area (Å²) in [6, 6.07) is 0. The Morgan fingerprint density at radius 1 is 0.333 bits per heavy atom. The Balaban J connectivity index is -0.0000000393. The molecule has 0 bridgehead atoms. The van der Waals surface area contributed by atoms with Crippen molar-refractivity contribution in [2.75, 3.05) is 95.1 Å². The molecule has 21 nitrogen and oxygen atoms in total. The van der Waals surface area contributed by atoms with Crippen molar-refractivity contribution in [1.82, 2.24) is 37.2 Å². The van der Waals surface area contributed by atoms with E-state index < -0.39 is 41.8 Å². The van der Waals surface area contributed by atoms with E-state index in [4.69, 9.17) is 0 Å². The van der Waals surface area contributed by atoms with Gasteiger partial charge in [0.2, 0.25) is 0 Å². The number of hydrogen-bond donors (Lipinski definition) is 7. The maximum absolute atomic E-state index is 9.43. The quantitative estimate of drug-likeness (QED) is 0.0806. The molecule has 0 aliphatic rings. The van der Waals surface area contributed by atoms with Crippen LogP contribution in [0.2, 0.25) is 0 Å². The average molecular weight is 771 g/mol. The fraction of sp³-hybridized carbons (Fsp3) is 0.667. The fourth-order valence-electron chi connectivity index (χ4n) is 1.01. The number of aliphatic carboxylic acids is 7. The third-order valence-corrected chi connectivity index (χ3v) is 2.25. The van der Waals surface area contributed by atoms with Crippen LogP contribution in [0.3, 0.4) is 0 Å². The van der Waals surface area contributed by atoms with Gasteiger partial charge in [-0.15, -0.1) is 12.4 Å². The molecule has 0 aromatic rings. The van der Waals surface area contributed by atoms with E-state index in [0.717, 1.165) is 0 Å². The zero-order valence-corrected chi connectivity index (χ0v) is 30.6. The number of likely N-dealkylation sites (N-methyl/N-ethyl adjacent to an activating group) is 7. The van der Waals surface area contributed by atoms with Crippen LogP contribution in [0.4, 0.5) is 0 Å². The number of carbonyl (C=O) groups excluding carboxylic acids is 7. The second kappa shape index (κ2) is 64.6. The van der Waals surface area contributed by atoms with Gasteiger partial charge >= 0.3 is 43.6 Å². The number of carboxylic acid groups (broad SMARTS) is 7. The van der Waals surface area contributed by atoms with Crippen LogP contribution < -0.4 is 73.0 Å². The first-order valence-corrected chi connectivity index (χ1v) is 11.3. The summed E-state index contributed by atoms with van der Waals surface area (Å²) in [5, 5.41) is 82.8. The standard InChI is InChI=1S/7C3H7NO2.Al.ClH.Zr/c7*1-4-2-3(5)6;;;/h7*4H,2H2,1H3,(H,5,6);;1H;/q;;;;;;;+3;;+4/p-7. The summed E-state index contributed by atoms with van der Waals surface area (Å²) in [4.78, 5) is 66.0. The number of hydrogen-bond acceptors (Lipinski definition) is 21. The summed E-state index contributed by atoms with van der Waals surface area (Å²) in [7, 11) is 10.9. The molecule has 45 heavy (non-hydrogen) atoms. The van der Waals surface area contributed by atoms with Gasteiger partial charge in [-0.05, 0) is 49.3 Å². The molecule has 0 aromatic heterocycles. The van der Waals surface area contributed by atoms with E-state index in [1.54, 1.807) is 49.3 Å². The molecule has 0 unspecified atom stereocenters. The van der Waals surface area contributed by atoms with Crippen molar-refractivity contribution in [3.8, 4) is 0 Å². The molecule has 0 heterocycles. The third kappa shape index (κ3) is 188. The van der Waals surface area contributed by atoms with Gasteiger partial charge in [-0.3, -0.25) is 0 Å². The van der Waals surface area contributed by atoms with Gasteiger partial charge < -0.3 is 107 Å². The first-order valence-electron chi connectivity index (χ1n) is 11.3. The van der Waals surface area contributed by atoms with Crippen molar-refractivity contribution < 1.29 is 95.5 Å². The molecule has 7 N–H and O–H groups in total. The number of carboxylic acids is 7. The molecule has 0 aliphatic heterocycles. The molecule has 0 fully saturated rings. The van der Waals surface area contributed by atoms with E-state index in [2.05, 4.69) is 37.2 Å². The zero-order valence-electron chi connectivity index (χ0n) is 26.2. The topological polar surface area (TPSA) is 365 Å². The first-order chi connectivity index (χ1) is 19.4. The van der Waals surface area contributed by atoms with Crippen LogP contribution in [0.15, 0.2) is 0 Å². The Morgan fingerprint density at radius 3 is 0.400 bits per heavy atom. The maximum Gasteiger partial charge on any atom is 4.00 e. The molecule has 24 heteroatoms. The Labute approximate surface area is 298 Å². The fourth-order valence-corrected chi connectivity index (χ4v) is 1.01. The normalized spacial score (nSPS) is 7.62. The summed E-state index contributed by atoms with van der Waals surface area (Å²) in [5.74, 6) is -7.50. The monoisotopic (exact) mass is 769 g/mol. The van der Waals surface area contributed by atoms with E-state index in [1.165, 1.54) is 0 Å². The van der Waals surface area contributed by atoms with Gasteiger partial charge in [0.15, 0.2) is 0 Å². The summed E-state index contributed by atoms with van der Waals surface area (Å²) in [6.45, 7) is -0.486. The minimum atomic E-state index is -1.07. The number of nitrogens with one attached hydrogen (secondary N) is 7. The Kier molecular flexibility index (Phi) is 99.7. The molecule has 0 aliphatic carbocycles. The largest absolute Gasteiger partial charge is 4.00 e. The van der Waals surface area contributed by atoms with Gasteiger partial charge in [-0.1, -0.05) is 0 Å². The van der Waals surface area contributed by atoms with Crippen molar-refractivity contribution >= 4 is 71.6 Å². The van der Waals surface area contributed by atoms with Crippen LogP contribution in [0.25, 0.3) is 0 Å². The third-order valence-electron chi connectivity index (χ3n) is 2.25.